The summed E-state index contributed by atoms with van der Waals surface area (Å²) in [7, 11) is 0. The molecule has 18 heavy (non-hydrogen) atoms. The van der Waals surface area contributed by atoms with E-state index in [0.717, 1.165) is 0 Å². The largest absolute Gasteiger partial charge is 0.407 e. The van der Waals surface area contributed by atoms with Gasteiger partial charge in [-0.3, -0.25) is 4.98 Å². The predicted molar refractivity (Wildman–Crippen MR) is 64.2 cm³/mol. The van der Waals surface area contributed by atoms with Crippen molar-refractivity contribution in [3.8, 4) is 0 Å². The van der Waals surface area contributed by atoms with Crippen LogP contribution in [0.3, 0.4) is 0 Å². The van der Waals surface area contributed by atoms with E-state index >= 15 is 0 Å². The molecule has 0 aliphatic carbocycles. The van der Waals surface area contributed by atoms with Crippen LogP contribution < -0.4 is 5.32 Å². The molecular weight excluding hydrogens is 241 g/mol. The first-order valence-electron chi connectivity index (χ1n) is 5.66. The van der Waals surface area contributed by atoms with E-state index < -0.39 is 12.2 Å². The van der Waals surface area contributed by atoms with Crippen LogP contribution in [0.25, 0.3) is 10.8 Å². The molecule has 0 radical (unpaired) electrons. The van der Waals surface area contributed by atoms with E-state index in [4.69, 9.17) is 0 Å². The Morgan fingerprint density at radius 2 is 1.94 bits per heavy atom. The quantitative estimate of drug-likeness (QED) is 0.907. The summed E-state index contributed by atoms with van der Waals surface area (Å²) in [5.74, 6) is 0. The molecule has 0 spiro atoms. The molecule has 1 aromatic carbocycles. The lowest BCUT2D eigenvalue weighted by Gasteiger charge is -2.22. The zero-order valence-electron chi connectivity index (χ0n) is 9.83. The third kappa shape index (κ3) is 2.46. The maximum Gasteiger partial charge on any atom is 0.407 e. The highest BCUT2D eigenvalue weighted by Gasteiger charge is 2.41. The van der Waals surface area contributed by atoms with Gasteiger partial charge in [0.15, 0.2) is 0 Å². The number of nitrogens with one attached hydrogen (secondary N) is 1. The fourth-order valence-electron chi connectivity index (χ4n) is 1.98. The van der Waals surface area contributed by atoms with Crippen molar-refractivity contribution in [2.75, 3.05) is 6.54 Å². The first-order valence-corrected chi connectivity index (χ1v) is 5.66. The number of hydrogen-bond donors (Lipinski definition) is 1. The minimum absolute atomic E-state index is 0.169. The minimum atomic E-state index is -4.33. The van der Waals surface area contributed by atoms with Gasteiger partial charge in [-0.2, -0.15) is 13.2 Å². The molecule has 1 N–H and O–H groups in total. The third-order valence-corrected chi connectivity index (χ3v) is 2.75. The second-order valence-corrected chi connectivity index (χ2v) is 3.98. The van der Waals surface area contributed by atoms with Crippen LogP contribution in [0.5, 0.6) is 0 Å². The summed E-state index contributed by atoms with van der Waals surface area (Å²) >= 11 is 0. The van der Waals surface area contributed by atoms with Crippen molar-refractivity contribution >= 4 is 10.8 Å². The van der Waals surface area contributed by atoms with Crippen LogP contribution in [-0.4, -0.2) is 17.7 Å². The van der Waals surface area contributed by atoms with E-state index in [0.29, 0.717) is 10.8 Å². The molecule has 1 unspecified atom stereocenters. The lowest BCUT2D eigenvalue weighted by molar-refractivity contribution is -0.157. The van der Waals surface area contributed by atoms with Gasteiger partial charge in [-0.15, -0.1) is 0 Å². The SMILES string of the molecule is CCNC(c1cncc2ccccc12)C(F)(F)F. The number of aromatic nitrogens is 1. The molecule has 0 saturated carbocycles. The summed E-state index contributed by atoms with van der Waals surface area (Å²) in [6.07, 6.45) is -1.48. The Hall–Kier alpha value is -1.62. The molecular formula is C13H13F3N2. The molecule has 0 fully saturated rings. The van der Waals surface area contributed by atoms with Crippen molar-refractivity contribution < 1.29 is 13.2 Å². The maximum absolute atomic E-state index is 13.0. The van der Waals surface area contributed by atoms with Crippen LogP contribution in [0.2, 0.25) is 0 Å². The number of benzene rings is 1. The lowest BCUT2D eigenvalue weighted by atomic mass is 10.0. The molecule has 2 aromatic rings. The van der Waals surface area contributed by atoms with Crippen LogP contribution in [0.15, 0.2) is 36.7 Å². The van der Waals surface area contributed by atoms with Gasteiger partial charge in [0.05, 0.1) is 0 Å². The van der Waals surface area contributed by atoms with Crippen molar-refractivity contribution in [2.24, 2.45) is 0 Å². The van der Waals surface area contributed by atoms with E-state index in [1.54, 1.807) is 37.4 Å². The first kappa shape index (κ1) is 12.8. The molecule has 2 rings (SSSR count). The van der Waals surface area contributed by atoms with Gasteiger partial charge in [0.1, 0.15) is 6.04 Å². The van der Waals surface area contributed by atoms with Gasteiger partial charge < -0.3 is 5.32 Å². The molecule has 0 saturated heterocycles. The zero-order valence-corrected chi connectivity index (χ0v) is 9.83. The molecule has 0 amide bonds. The van der Waals surface area contributed by atoms with Crippen LogP contribution in [0.1, 0.15) is 18.5 Å². The fourth-order valence-corrected chi connectivity index (χ4v) is 1.98. The highest BCUT2D eigenvalue weighted by Crippen LogP contribution is 2.35. The number of rotatable bonds is 3. The van der Waals surface area contributed by atoms with Gasteiger partial charge in [0, 0.05) is 23.3 Å². The van der Waals surface area contributed by atoms with Crippen LogP contribution in [0, 0.1) is 0 Å². The summed E-state index contributed by atoms with van der Waals surface area (Å²) in [5, 5.41) is 3.76. The summed E-state index contributed by atoms with van der Waals surface area (Å²) < 4.78 is 39.1. The van der Waals surface area contributed by atoms with Crippen LogP contribution in [0.4, 0.5) is 13.2 Å². The first-order chi connectivity index (χ1) is 8.54. The second kappa shape index (κ2) is 4.94. The Balaban J connectivity index is 2.57. The standard InChI is InChI=1S/C13H13F3N2/c1-2-18-12(13(14,15)16)11-8-17-7-9-5-3-4-6-10(9)11/h3-8,12,18H,2H2,1H3. The van der Waals surface area contributed by atoms with Gasteiger partial charge in [-0.05, 0) is 11.9 Å². The number of nitrogens with zero attached hydrogens (tertiary/aromatic N) is 1. The third-order valence-electron chi connectivity index (χ3n) is 2.75. The molecule has 1 heterocycles. The van der Waals surface area contributed by atoms with Gasteiger partial charge in [-0.1, -0.05) is 31.2 Å². The van der Waals surface area contributed by atoms with Crippen molar-refractivity contribution in [1.82, 2.24) is 10.3 Å². The highest BCUT2D eigenvalue weighted by molar-refractivity contribution is 5.85. The van der Waals surface area contributed by atoms with Crippen molar-refractivity contribution in [1.29, 1.82) is 0 Å². The number of fused-ring (bicyclic) bond motifs is 1. The van der Waals surface area contributed by atoms with Crippen LogP contribution in [-0.2, 0) is 0 Å². The summed E-state index contributed by atoms with van der Waals surface area (Å²) in [6, 6.07) is 5.27. The van der Waals surface area contributed by atoms with Crippen molar-refractivity contribution in [3.05, 3.63) is 42.2 Å². The smallest absolute Gasteiger partial charge is 0.303 e. The van der Waals surface area contributed by atoms with Gasteiger partial charge in [0.2, 0.25) is 0 Å². The van der Waals surface area contributed by atoms with Crippen molar-refractivity contribution in [3.63, 3.8) is 0 Å². The molecule has 5 heteroatoms. The average molecular weight is 254 g/mol. The van der Waals surface area contributed by atoms with E-state index in [-0.39, 0.29) is 12.1 Å². The Kier molecular flexibility index (Phi) is 3.52. The fraction of sp³-hybridized carbons (Fsp3) is 0.308. The molecule has 96 valence electrons. The maximum atomic E-state index is 13.0. The van der Waals surface area contributed by atoms with Crippen LogP contribution >= 0.6 is 0 Å². The molecule has 0 bridgehead atoms. The minimum Gasteiger partial charge on any atom is -0.303 e. The van der Waals surface area contributed by atoms with Gasteiger partial charge >= 0.3 is 6.18 Å². The number of alkyl halides is 3. The number of halogens is 3. The topological polar surface area (TPSA) is 24.9 Å². The summed E-state index contributed by atoms with van der Waals surface area (Å²) in [6.45, 7) is 1.89. The normalized spacial score (nSPS) is 13.8. The Bertz CT molecular complexity index is 532. The number of hydrogen-bond acceptors (Lipinski definition) is 2. The van der Waals surface area contributed by atoms with E-state index in [1.807, 2.05) is 0 Å². The molecule has 1 aromatic heterocycles. The number of pyridine rings is 1. The average Bonchev–Trinajstić information content (AvgIpc) is 2.34. The second-order valence-electron chi connectivity index (χ2n) is 3.98. The lowest BCUT2D eigenvalue weighted by Crippen LogP contribution is -2.34. The molecule has 2 nitrogen and oxygen atoms in total. The Morgan fingerprint density at radius 1 is 1.22 bits per heavy atom. The molecule has 0 aliphatic heterocycles. The van der Waals surface area contributed by atoms with E-state index in [1.165, 1.54) is 6.20 Å². The Morgan fingerprint density at radius 3 is 2.61 bits per heavy atom. The van der Waals surface area contributed by atoms with Crippen molar-refractivity contribution in [2.45, 2.75) is 19.1 Å². The predicted octanol–water partition coefficient (Wildman–Crippen LogP) is 3.45. The monoisotopic (exact) mass is 254 g/mol. The molecule has 0 aliphatic rings. The summed E-state index contributed by atoms with van der Waals surface area (Å²) in [4.78, 5) is 3.89. The summed E-state index contributed by atoms with van der Waals surface area (Å²) in [5.41, 5.74) is 0.169. The molecule has 1 atom stereocenters. The van der Waals surface area contributed by atoms with E-state index in [2.05, 4.69) is 10.3 Å². The van der Waals surface area contributed by atoms with E-state index in [9.17, 15) is 13.2 Å². The zero-order chi connectivity index (χ0) is 13.2. The van der Waals surface area contributed by atoms with Gasteiger partial charge in [0.25, 0.3) is 0 Å². The highest BCUT2D eigenvalue weighted by atomic mass is 19.4. The van der Waals surface area contributed by atoms with Gasteiger partial charge in [-0.25, -0.2) is 0 Å². The Labute approximate surface area is 103 Å².